The highest BCUT2D eigenvalue weighted by Crippen LogP contribution is 2.33. The van der Waals surface area contributed by atoms with Crippen LogP contribution in [0.4, 0.5) is 4.39 Å². The third kappa shape index (κ3) is 3.26. The quantitative estimate of drug-likeness (QED) is 0.863. The minimum Gasteiger partial charge on any atom is -0.345 e. The van der Waals surface area contributed by atoms with Gasteiger partial charge in [-0.15, -0.1) is 0 Å². The predicted molar refractivity (Wildman–Crippen MR) is 68.1 cm³/mol. The van der Waals surface area contributed by atoms with Gasteiger partial charge in [0, 0.05) is 30.8 Å². The molecule has 1 N–H and O–H groups in total. The summed E-state index contributed by atoms with van der Waals surface area (Å²) in [6.45, 7) is -0.121. The van der Waals surface area contributed by atoms with Gasteiger partial charge in [-0.1, -0.05) is 0 Å². The van der Waals surface area contributed by atoms with Crippen LogP contribution in [0.1, 0.15) is 12.0 Å². The summed E-state index contributed by atoms with van der Waals surface area (Å²) in [6, 6.07) is 4.91. The number of Topliss-reactive ketones (excluding diaryl/α,β-unsaturated/α-hetero) is 1. The van der Waals surface area contributed by atoms with Gasteiger partial charge in [-0.25, -0.2) is 4.39 Å². The summed E-state index contributed by atoms with van der Waals surface area (Å²) in [6.07, 6.45) is 4.13. The topological polar surface area (TPSA) is 82.9 Å². The lowest BCUT2D eigenvalue weighted by atomic mass is 9.84. The molecule has 20 heavy (non-hydrogen) atoms. The molecule has 2 rings (SSSR count). The van der Waals surface area contributed by atoms with Gasteiger partial charge in [-0.2, -0.15) is 5.26 Å². The number of nitrogens with zero attached hydrogens (tertiary/aromatic N) is 2. The number of alkyl halides is 1. The Bertz CT molecular complexity index is 607. The van der Waals surface area contributed by atoms with E-state index in [-0.39, 0.29) is 30.7 Å². The van der Waals surface area contributed by atoms with Crippen molar-refractivity contribution in [2.24, 2.45) is 0 Å². The lowest BCUT2D eigenvalue weighted by molar-refractivity contribution is -0.123. The van der Waals surface area contributed by atoms with Gasteiger partial charge in [-0.3, -0.25) is 14.6 Å². The van der Waals surface area contributed by atoms with E-state index in [1.807, 2.05) is 0 Å². The highest BCUT2D eigenvalue weighted by molar-refractivity contribution is 5.98. The zero-order chi connectivity index (χ0) is 14.6. The minimum absolute atomic E-state index is 0.121. The zero-order valence-electron chi connectivity index (χ0n) is 10.6. The molecule has 1 atom stereocenters. The number of carbonyl (C=O) groups excluding carboxylic acids is 2. The van der Waals surface area contributed by atoms with Crippen molar-refractivity contribution in [2.75, 3.05) is 6.54 Å². The number of pyridine rings is 1. The molecule has 0 saturated carbocycles. The smallest absolute Gasteiger partial charge is 0.247 e. The first kappa shape index (κ1) is 13.9. The second kappa shape index (κ2) is 5.61. The van der Waals surface area contributed by atoms with Gasteiger partial charge < -0.3 is 5.32 Å². The minimum atomic E-state index is -2.03. The number of nitriles is 1. The van der Waals surface area contributed by atoms with Gasteiger partial charge in [-0.05, 0) is 23.8 Å². The number of nitrogens with one attached hydrogen (secondary N) is 1. The Hall–Kier alpha value is -2.55. The zero-order valence-corrected chi connectivity index (χ0v) is 10.6. The number of hydrogen-bond acceptors (Lipinski definition) is 4. The number of amides is 1. The normalized spacial score (nSPS) is 20.3. The van der Waals surface area contributed by atoms with E-state index in [0.29, 0.717) is 0 Å². The van der Waals surface area contributed by atoms with E-state index in [2.05, 4.69) is 10.3 Å². The second-order valence-electron chi connectivity index (χ2n) is 4.57. The van der Waals surface area contributed by atoms with E-state index in [1.165, 1.54) is 6.07 Å². The monoisotopic (exact) mass is 273 g/mol. The fourth-order valence-electron chi connectivity index (χ4n) is 1.83. The Balaban J connectivity index is 1.79. The number of halogens is 1. The van der Waals surface area contributed by atoms with Gasteiger partial charge in [0.2, 0.25) is 11.6 Å². The maximum atomic E-state index is 13.2. The number of rotatable bonds is 5. The molecular weight excluding hydrogens is 261 g/mol. The van der Waals surface area contributed by atoms with Crippen molar-refractivity contribution in [1.29, 1.82) is 5.26 Å². The molecule has 1 aliphatic carbocycles. The highest BCUT2D eigenvalue weighted by Gasteiger charge is 2.39. The third-order valence-electron chi connectivity index (χ3n) is 2.93. The molecule has 1 heterocycles. The van der Waals surface area contributed by atoms with E-state index >= 15 is 0 Å². The van der Waals surface area contributed by atoms with Crippen LogP contribution >= 0.6 is 0 Å². The van der Waals surface area contributed by atoms with Crippen LogP contribution in [0.25, 0.3) is 0 Å². The maximum Gasteiger partial charge on any atom is 0.247 e. The molecule has 1 unspecified atom stereocenters. The van der Waals surface area contributed by atoms with E-state index < -0.39 is 11.6 Å². The Morgan fingerprint density at radius 3 is 2.70 bits per heavy atom. The van der Waals surface area contributed by atoms with Gasteiger partial charge in [0.1, 0.15) is 6.07 Å². The molecule has 102 valence electrons. The molecule has 0 bridgehead atoms. The highest BCUT2D eigenvalue weighted by atomic mass is 19.1. The van der Waals surface area contributed by atoms with Crippen LogP contribution in [0.3, 0.4) is 0 Å². The molecule has 1 aromatic heterocycles. The van der Waals surface area contributed by atoms with Crippen molar-refractivity contribution in [1.82, 2.24) is 10.3 Å². The first-order chi connectivity index (χ1) is 9.52. The fourth-order valence-corrected chi connectivity index (χ4v) is 1.83. The summed E-state index contributed by atoms with van der Waals surface area (Å²) in [5.41, 5.74) is -1.02. The Morgan fingerprint density at radius 2 is 2.10 bits per heavy atom. The fraction of sp³-hybridized carbons (Fsp3) is 0.286. The molecule has 0 saturated heterocycles. The first-order valence-electron chi connectivity index (χ1n) is 6.03. The molecule has 1 aliphatic rings. The number of allylic oxidation sites excluding steroid dienone is 1. The van der Waals surface area contributed by atoms with Crippen molar-refractivity contribution < 1.29 is 14.0 Å². The largest absolute Gasteiger partial charge is 0.345 e. The van der Waals surface area contributed by atoms with Crippen LogP contribution in [0.2, 0.25) is 0 Å². The lowest BCUT2D eigenvalue weighted by Crippen LogP contribution is -2.38. The van der Waals surface area contributed by atoms with Crippen LogP contribution < -0.4 is 5.32 Å². The summed E-state index contributed by atoms with van der Waals surface area (Å²) in [5.74, 6) is -0.659. The first-order valence-corrected chi connectivity index (χ1v) is 6.03. The maximum absolute atomic E-state index is 13.2. The number of hydrogen-bond donors (Lipinski definition) is 1. The standard InChI is InChI=1S/C14H12FN3O2/c15-14(9-16)6-11(7-14)13(20)18-8-12(19)5-10-1-3-17-4-2-10/h1-4,6H,5,7-8H2,(H,18,20). The molecule has 1 aromatic rings. The molecule has 1 amide bonds. The number of carbonyl (C=O) groups is 2. The van der Waals surface area contributed by atoms with Gasteiger partial charge in [0.15, 0.2) is 5.78 Å². The van der Waals surface area contributed by atoms with Gasteiger partial charge in [0.25, 0.3) is 0 Å². The van der Waals surface area contributed by atoms with Crippen LogP contribution in [0, 0.1) is 11.3 Å². The number of ketones is 1. The summed E-state index contributed by atoms with van der Waals surface area (Å²) >= 11 is 0. The van der Waals surface area contributed by atoms with Crippen molar-refractivity contribution in [2.45, 2.75) is 18.5 Å². The molecule has 0 fully saturated rings. The second-order valence-corrected chi connectivity index (χ2v) is 4.57. The summed E-state index contributed by atoms with van der Waals surface area (Å²) in [5, 5.41) is 10.9. The van der Waals surface area contributed by atoms with Crippen LogP contribution in [0.5, 0.6) is 0 Å². The van der Waals surface area contributed by atoms with Crippen molar-refractivity contribution in [3.63, 3.8) is 0 Å². The summed E-state index contributed by atoms with van der Waals surface area (Å²) in [4.78, 5) is 27.1. The van der Waals surface area contributed by atoms with E-state index in [9.17, 15) is 14.0 Å². The van der Waals surface area contributed by atoms with Gasteiger partial charge in [0.05, 0.1) is 6.54 Å². The van der Waals surface area contributed by atoms with Crippen LogP contribution in [-0.4, -0.2) is 28.9 Å². The average molecular weight is 273 g/mol. The SMILES string of the molecule is N#CC1(F)C=C(C(=O)NCC(=O)Cc2ccncc2)C1. The van der Waals surface area contributed by atoms with Gasteiger partial charge >= 0.3 is 0 Å². The Morgan fingerprint density at radius 1 is 1.45 bits per heavy atom. The van der Waals surface area contributed by atoms with E-state index in [4.69, 9.17) is 5.26 Å². The van der Waals surface area contributed by atoms with Crippen molar-refractivity contribution in [3.8, 4) is 6.07 Å². The lowest BCUT2D eigenvalue weighted by Gasteiger charge is -2.24. The third-order valence-corrected chi connectivity index (χ3v) is 2.93. The molecule has 0 aliphatic heterocycles. The summed E-state index contributed by atoms with van der Waals surface area (Å²) in [7, 11) is 0. The summed E-state index contributed by atoms with van der Waals surface area (Å²) < 4.78 is 13.2. The molecule has 6 heteroatoms. The van der Waals surface area contributed by atoms with Crippen LogP contribution in [-0.2, 0) is 16.0 Å². The molecule has 0 radical (unpaired) electrons. The van der Waals surface area contributed by atoms with Crippen LogP contribution in [0.15, 0.2) is 36.2 Å². The number of aromatic nitrogens is 1. The Kier molecular flexibility index (Phi) is 3.89. The Labute approximate surface area is 115 Å². The predicted octanol–water partition coefficient (Wildman–Crippen LogP) is 0.871. The van der Waals surface area contributed by atoms with E-state index in [0.717, 1.165) is 11.6 Å². The molecule has 5 nitrogen and oxygen atoms in total. The molecular formula is C14H12FN3O2. The van der Waals surface area contributed by atoms with E-state index in [1.54, 1.807) is 24.5 Å². The van der Waals surface area contributed by atoms with Crippen molar-refractivity contribution >= 4 is 11.7 Å². The van der Waals surface area contributed by atoms with Crippen molar-refractivity contribution in [3.05, 3.63) is 41.7 Å². The molecule has 0 aromatic carbocycles. The molecule has 0 spiro atoms. The average Bonchev–Trinajstić information content (AvgIpc) is 2.42.